The van der Waals surface area contributed by atoms with Gasteiger partial charge in [0, 0.05) is 38.3 Å². The fourth-order valence-electron chi connectivity index (χ4n) is 3.15. The van der Waals surface area contributed by atoms with Crippen LogP contribution < -0.4 is 11.1 Å². The summed E-state index contributed by atoms with van der Waals surface area (Å²) in [6.45, 7) is 4.16. The van der Waals surface area contributed by atoms with Gasteiger partial charge in [-0.2, -0.15) is 0 Å². The first-order valence-electron chi connectivity index (χ1n) is 9.19. The fraction of sp³-hybridized carbons (Fsp3) is 0.350. The van der Waals surface area contributed by atoms with E-state index in [4.69, 9.17) is 10.2 Å². The Balaban J connectivity index is 1.48. The lowest BCUT2D eigenvalue weighted by Gasteiger charge is -2.35. The second-order valence-electron chi connectivity index (χ2n) is 6.76. The highest BCUT2D eigenvalue weighted by Gasteiger charge is 2.28. The van der Waals surface area contributed by atoms with Crippen molar-refractivity contribution in [1.82, 2.24) is 15.1 Å². The standard InChI is InChI=1S/C20H24N4O4/c1-14(22-13-15-4-2-5-16(12-15)18(21)25)19(26)23-7-9-24(10-8-23)20(27)17-6-3-11-28-17/h2-6,11-12,14,22H,7-10,13H2,1H3,(H2,21,25). The number of nitrogens with zero attached hydrogens (tertiary/aromatic N) is 2. The van der Waals surface area contributed by atoms with Gasteiger partial charge in [-0.25, -0.2) is 0 Å². The highest BCUT2D eigenvalue weighted by atomic mass is 16.3. The molecule has 3 N–H and O–H groups in total. The van der Waals surface area contributed by atoms with Crippen LogP contribution in [0.3, 0.4) is 0 Å². The van der Waals surface area contributed by atoms with Crippen molar-refractivity contribution in [3.63, 3.8) is 0 Å². The van der Waals surface area contributed by atoms with Gasteiger partial charge in [0.2, 0.25) is 11.8 Å². The average molecular weight is 384 g/mol. The smallest absolute Gasteiger partial charge is 0.289 e. The Morgan fingerprint density at radius 2 is 1.82 bits per heavy atom. The van der Waals surface area contributed by atoms with Crippen molar-refractivity contribution in [3.05, 3.63) is 59.5 Å². The van der Waals surface area contributed by atoms with E-state index in [2.05, 4.69) is 5.32 Å². The third kappa shape index (κ3) is 4.58. The van der Waals surface area contributed by atoms with E-state index in [1.807, 2.05) is 6.07 Å². The lowest BCUT2D eigenvalue weighted by Crippen LogP contribution is -2.54. The molecule has 0 saturated carbocycles. The van der Waals surface area contributed by atoms with Crippen LogP contribution in [-0.2, 0) is 11.3 Å². The minimum atomic E-state index is -0.479. The molecule has 3 amide bonds. The third-order valence-corrected chi connectivity index (χ3v) is 4.80. The molecule has 1 saturated heterocycles. The second-order valence-corrected chi connectivity index (χ2v) is 6.76. The number of benzene rings is 1. The molecule has 1 aliphatic rings. The summed E-state index contributed by atoms with van der Waals surface area (Å²) in [4.78, 5) is 39.7. The molecule has 0 radical (unpaired) electrons. The van der Waals surface area contributed by atoms with Gasteiger partial charge in [0.25, 0.3) is 5.91 Å². The van der Waals surface area contributed by atoms with Gasteiger partial charge >= 0.3 is 0 Å². The van der Waals surface area contributed by atoms with Gasteiger partial charge in [-0.15, -0.1) is 0 Å². The molecule has 1 unspecified atom stereocenters. The van der Waals surface area contributed by atoms with Gasteiger partial charge in [-0.3, -0.25) is 14.4 Å². The van der Waals surface area contributed by atoms with E-state index in [0.717, 1.165) is 5.56 Å². The van der Waals surface area contributed by atoms with Gasteiger partial charge in [0.15, 0.2) is 5.76 Å². The largest absolute Gasteiger partial charge is 0.459 e. The van der Waals surface area contributed by atoms with E-state index in [9.17, 15) is 14.4 Å². The van der Waals surface area contributed by atoms with Crippen molar-refractivity contribution in [1.29, 1.82) is 0 Å². The first-order valence-corrected chi connectivity index (χ1v) is 9.19. The Morgan fingerprint density at radius 1 is 1.11 bits per heavy atom. The molecule has 0 aliphatic carbocycles. The minimum Gasteiger partial charge on any atom is -0.459 e. The van der Waals surface area contributed by atoms with Crippen molar-refractivity contribution >= 4 is 17.7 Å². The lowest BCUT2D eigenvalue weighted by atomic mass is 10.1. The molecule has 1 aromatic heterocycles. The fourth-order valence-corrected chi connectivity index (χ4v) is 3.15. The van der Waals surface area contributed by atoms with E-state index in [0.29, 0.717) is 44.0 Å². The second kappa shape index (κ2) is 8.71. The third-order valence-electron chi connectivity index (χ3n) is 4.80. The summed E-state index contributed by atoms with van der Waals surface area (Å²) < 4.78 is 5.15. The zero-order valence-corrected chi connectivity index (χ0v) is 15.8. The maximum atomic E-state index is 12.7. The molecule has 2 heterocycles. The Morgan fingerprint density at radius 3 is 2.46 bits per heavy atom. The Labute approximate surface area is 163 Å². The molecule has 1 atom stereocenters. The Hall–Kier alpha value is -3.13. The molecule has 1 aromatic carbocycles. The topological polar surface area (TPSA) is 109 Å². The zero-order valence-electron chi connectivity index (χ0n) is 15.8. The monoisotopic (exact) mass is 384 g/mol. The number of piperazine rings is 1. The lowest BCUT2D eigenvalue weighted by molar-refractivity contribution is -0.134. The van der Waals surface area contributed by atoms with E-state index in [1.54, 1.807) is 47.1 Å². The van der Waals surface area contributed by atoms with Crippen LogP contribution in [0.25, 0.3) is 0 Å². The van der Waals surface area contributed by atoms with Crippen molar-refractivity contribution in [2.75, 3.05) is 26.2 Å². The van der Waals surface area contributed by atoms with Gasteiger partial charge in [0.05, 0.1) is 12.3 Å². The van der Waals surface area contributed by atoms with Crippen LogP contribution in [0, 0.1) is 0 Å². The van der Waals surface area contributed by atoms with Crippen LogP contribution in [0.1, 0.15) is 33.4 Å². The van der Waals surface area contributed by atoms with Crippen LogP contribution >= 0.6 is 0 Å². The number of amides is 3. The number of nitrogens with one attached hydrogen (secondary N) is 1. The van der Waals surface area contributed by atoms with Gasteiger partial charge in [0.1, 0.15) is 0 Å². The van der Waals surface area contributed by atoms with Crippen molar-refractivity contribution in [2.45, 2.75) is 19.5 Å². The molecule has 0 spiro atoms. The average Bonchev–Trinajstić information content (AvgIpc) is 3.26. The molecule has 8 heteroatoms. The van der Waals surface area contributed by atoms with Crippen LogP contribution in [-0.4, -0.2) is 59.7 Å². The number of primary amides is 1. The number of furan rings is 1. The van der Waals surface area contributed by atoms with Crippen LogP contribution in [0.4, 0.5) is 0 Å². The summed E-state index contributed by atoms with van der Waals surface area (Å²) in [6.07, 6.45) is 1.47. The summed E-state index contributed by atoms with van der Waals surface area (Å²) in [5.74, 6) is -0.338. The summed E-state index contributed by atoms with van der Waals surface area (Å²) in [5.41, 5.74) is 6.61. The Bertz CT molecular complexity index is 842. The summed E-state index contributed by atoms with van der Waals surface area (Å²) >= 11 is 0. The number of hydrogen-bond acceptors (Lipinski definition) is 5. The van der Waals surface area contributed by atoms with Gasteiger partial charge in [-0.05, 0) is 36.8 Å². The maximum absolute atomic E-state index is 12.7. The molecule has 1 aliphatic heterocycles. The molecule has 2 aromatic rings. The maximum Gasteiger partial charge on any atom is 0.289 e. The molecule has 28 heavy (non-hydrogen) atoms. The van der Waals surface area contributed by atoms with Gasteiger partial charge < -0.3 is 25.3 Å². The number of rotatable bonds is 6. The van der Waals surface area contributed by atoms with E-state index in [1.165, 1.54) is 6.26 Å². The van der Waals surface area contributed by atoms with E-state index in [-0.39, 0.29) is 17.9 Å². The highest BCUT2D eigenvalue weighted by molar-refractivity contribution is 5.93. The predicted octanol–water partition coefficient (Wildman–Crippen LogP) is 0.841. The van der Waals surface area contributed by atoms with Crippen molar-refractivity contribution < 1.29 is 18.8 Å². The first kappa shape index (κ1) is 19.6. The minimum absolute atomic E-state index is 0.0175. The summed E-state index contributed by atoms with van der Waals surface area (Å²) in [5, 5.41) is 3.18. The summed E-state index contributed by atoms with van der Waals surface area (Å²) in [7, 11) is 0. The van der Waals surface area contributed by atoms with Gasteiger partial charge in [-0.1, -0.05) is 12.1 Å². The molecular weight excluding hydrogens is 360 g/mol. The van der Waals surface area contributed by atoms with Crippen molar-refractivity contribution in [2.24, 2.45) is 5.73 Å². The molecule has 148 valence electrons. The van der Waals surface area contributed by atoms with Crippen LogP contribution in [0.5, 0.6) is 0 Å². The van der Waals surface area contributed by atoms with Crippen LogP contribution in [0.2, 0.25) is 0 Å². The number of nitrogens with two attached hydrogens (primary N) is 1. The predicted molar refractivity (Wildman–Crippen MR) is 102 cm³/mol. The van der Waals surface area contributed by atoms with Crippen LogP contribution in [0.15, 0.2) is 47.1 Å². The highest BCUT2D eigenvalue weighted by Crippen LogP contribution is 2.11. The van der Waals surface area contributed by atoms with Crippen molar-refractivity contribution in [3.8, 4) is 0 Å². The normalized spacial score (nSPS) is 15.3. The molecule has 0 bridgehead atoms. The molecule has 1 fully saturated rings. The summed E-state index contributed by atoms with van der Waals surface area (Å²) in [6, 6.07) is 9.94. The molecular formula is C20H24N4O4. The molecule has 8 nitrogen and oxygen atoms in total. The Kier molecular flexibility index (Phi) is 6.10. The first-order chi connectivity index (χ1) is 13.5. The number of carbonyl (C=O) groups is 3. The van der Waals surface area contributed by atoms with E-state index >= 15 is 0 Å². The number of hydrogen-bond donors (Lipinski definition) is 2. The quantitative estimate of drug-likeness (QED) is 0.767. The number of carbonyl (C=O) groups excluding carboxylic acids is 3. The molecule has 3 rings (SSSR count). The SMILES string of the molecule is CC(NCc1cccc(C(N)=O)c1)C(=O)N1CCN(C(=O)c2ccco2)CC1. The zero-order chi connectivity index (χ0) is 20.1. The van der Waals surface area contributed by atoms with E-state index < -0.39 is 5.91 Å².